The molecule has 1 rings (SSSR count). The quantitative estimate of drug-likeness (QED) is 0.697. The number of hydrogen-bond donors (Lipinski definition) is 1. The first-order chi connectivity index (χ1) is 6.11. The molecule has 1 aliphatic heterocycles. The molecule has 1 N–H and O–H groups in total. The van der Waals surface area contributed by atoms with Crippen molar-refractivity contribution in [2.75, 3.05) is 13.2 Å². The van der Waals surface area contributed by atoms with E-state index in [0.29, 0.717) is 25.0 Å². The molecule has 1 amide bonds. The second-order valence-electron chi connectivity index (χ2n) is 3.49. The molecule has 0 aromatic rings. The molecule has 0 spiro atoms. The van der Waals surface area contributed by atoms with E-state index in [4.69, 9.17) is 4.74 Å². The zero-order valence-corrected chi connectivity index (χ0v) is 8.33. The molecule has 74 valence electrons. The minimum atomic E-state index is -0.0694. The van der Waals surface area contributed by atoms with Crippen LogP contribution < -0.4 is 5.32 Å². The molecule has 1 atom stereocenters. The maximum atomic E-state index is 10.9. The number of aliphatic imine (C=N–C) groups is 1. The van der Waals surface area contributed by atoms with Gasteiger partial charge in [-0.25, -0.2) is 0 Å². The van der Waals surface area contributed by atoms with E-state index in [9.17, 15) is 4.79 Å². The third-order valence-corrected chi connectivity index (χ3v) is 1.90. The molecule has 1 unspecified atom stereocenters. The van der Waals surface area contributed by atoms with Gasteiger partial charge in [-0.2, -0.15) is 0 Å². The summed E-state index contributed by atoms with van der Waals surface area (Å²) in [6.45, 7) is 6.91. The molecule has 0 aromatic heterocycles. The van der Waals surface area contributed by atoms with Crippen molar-refractivity contribution < 1.29 is 9.53 Å². The zero-order valence-electron chi connectivity index (χ0n) is 8.33. The van der Waals surface area contributed by atoms with Crippen LogP contribution in [0.4, 0.5) is 0 Å². The van der Waals surface area contributed by atoms with Crippen LogP contribution in [0.3, 0.4) is 0 Å². The average molecular weight is 184 g/mol. The lowest BCUT2D eigenvalue weighted by Crippen LogP contribution is -2.43. The van der Waals surface area contributed by atoms with Gasteiger partial charge in [0.05, 0.1) is 6.54 Å². The summed E-state index contributed by atoms with van der Waals surface area (Å²) in [4.78, 5) is 15.1. The number of ether oxygens (including phenoxy) is 1. The molecular weight excluding hydrogens is 168 g/mol. The van der Waals surface area contributed by atoms with E-state index in [1.54, 1.807) is 0 Å². The van der Waals surface area contributed by atoms with Crippen molar-refractivity contribution in [2.24, 2.45) is 10.9 Å². The lowest BCUT2D eigenvalue weighted by molar-refractivity contribution is -0.119. The van der Waals surface area contributed by atoms with E-state index in [1.807, 2.05) is 13.8 Å². The molecule has 0 radical (unpaired) electrons. The van der Waals surface area contributed by atoms with Gasteiger partial charge in [0.2, 0.25) is 11.8 Å². The Bertz CT molecular complexity index is 224. The number of nitrogens with one attached hydrogen (secondary N) is 1. The summed E-state index contributed by atoms with van der Waals surface area (Å²) in [5, 5.41) is 2.83. The van der Waals surface area contributed by atoms with Crippen molar-refractivity contribution >= 4 is 11.8 Å². The molecule has 0 bridgehead atoms. The van der Waals surface area contributed by atoms with Gasteiger partial charge in [0.1, 0.15) is 12.6 Å². The summed E-state index contributed by atoms with van der Waals surface area (Å²) in [6.07, 6.45) is 0. The van der Waals surface area contributed by atoms with Gasteiger partial charge < -0.3 is 10.1 Å². The van der Waals surface area contributed by atoms with Crippen LogP contribution in [0.15, 0.2) is 4.99 Å². The summed E-state index contributed by atoms with van der Waals surface area (Å²) in [7, 11) is 0. The molecule has 0 fully saturated rings. The molecule has 0 saturated heterocycles. The molecule has 0 aliphatic carbocycles. The van der Waals surface area contributed by atoms with Crippen molar-refractivity contribution in [3.05, 3.63) is 0 Å². The first-order valence-electron chi connectivity index (χ1n) is 4.55. The fourth-order valence-corrected chi connectivity index (χ4v) is 1.27. The molecule has 1 heterocycles. The molecule has 4 heteroatoms. The SMILES string of the molecule is CC(=O)NC(C1=NCCO1)C(C)C. The monoisotopic (exact) mass is 184 g/mol. The number of carbonyl (C=O) groups is 1. The average Bonchev–Trinajstić information content (AvgIpc) is 2.50. The van der Waals surface area contributed by atoms with Crippen molar-refractivity contribution in [1.29, 1.82) is 0 Å². The molecule has 4 nitrogen and oxygen atoms in total. The minimum Gasteiger partial charge on any atom is -0.478 e. The Morgan fingerprint density at radius 3 is 2.69 bits per heavy atom. The Morgan fingerprint density at radius 2 is 2.31 bits per heavy atom. The van der Waals surface area contributed by atoms with Crippen molar-refractivity contribution in [1.82, 2.24) is 5.32 Å². The van der Waals surface area contributed by atoms with Crippen LogP contribution in [0, 0.1) is 5.92 Å². The molecule has 0 saturated carbocycles. The highest BCUT2D eigenvalue weighted by Crippen LogP contribution is 2.08. The van der Waals surface area contributed by atoms with Crippen molar-refractivity contribution in [2.45, 2.75) is 26.8 Å². The van der Waals surface area contributed by atoms with Gasteiger partial charge in [-0.15, -0.1) is 0 Å². The first-order valence-corrected chi connectivity index (χ1v) is 4.55. The van der Waals surface area contributed by atoms with E-state index in [-0.39, 0.29) is 11.9 Å². The van der Waals surface area contributed by atoms with Gasteiger partial charge in [-0.05, 0) is 5.92 Å². The highest BCUT2D eigenvalue weighted by Gasteiger charge is 2.24. The number of hydrogen-bond acceptors (Lipinski definition) is 3. The van der Waals surface area contributed by atoms with Crippen molar-refractivity contribution in [3.63, 3.8) is 0 Å². The maximum absolute atomic E-state index is 10.9. The second kappa shape index (κ2) is 4.25. The normalized spacial score (nSPS) is 18.0. The summed E-state index contributed by atoms with van der Waals surface area (Å²) >= 11 is 0. The summed E-state index contributed by atoms with van der Waals surface area (Å²) in [6, 6.07) is -0.0694. The lowest BCUT2D eigenvalue weighted by atomic mass is 10.0. The van der Waals surface area contributed by atoms with Crippen LogP contribution in [-0.2, 0) is 9.53 Å². The second-order valence-corrected chi connectivity index (χ2v) is 3.49. The van der Waals surface area contributed by atoms with Crippen LogP contribution in [0.1, 0.15) is 20.8 Å². The van der Waals surface area contributed by atoms with Crippen LogP contribution in [0.25, 0.3) is 0 Å². The summed E-state index contributed by atoms with van der Waals surface area (Å²) < 4.78 is 5.31. The van der Waals surface area contributed by atoms with E-state index in [2.05, 4.69) is 10.3 Å². The number of nitrogens with zero attached hydrogens (tertiary/aromatic N) is 1. The Labute approximate surface area is 78.4 Å². The third-order valence-electron chi connectivity index (χ3n) is 1.90. The smallest absolute Gasteiger partial charge is 0.217 e. The maximum Gasteiger partial charge on any atom is 0.217 e. The highest BCUT2D eigenvalue weighted by atomic mass is 16.5. The van der Waals surface area contributed by atoms with Crippen LogP contribution >= 0.6 is 0 Å². The fourth-order valence-electron chi connectivity index (χ4n) is 1.27. The van der Waals surface area contributed by atoms with E-state index < -0.39 is 0 Å². The molecule has 13 heavy (non-hydrogen) atoms. The molecule has 0 aromatic carbocycles. The standard InChI is InChI=1S/C9H16N2O2/c1-6(2)8(11-7(3)12)9-10-4-5-13-9/h6,8H,4-5H2,1-3H3,(H,11,12). The molecule has 1 aliphatic rings. The number of amides is 1. The van der Waals surface area contributed by atoms with E-state index >= 15 is 0 Å². The predicted octanol–water partition coefficient (Wildman–Crippen LogP) is 0.576. The van der Waals surface area contributed by atoms with Crippen LogP contribution in [-0.4, -0.2) is 31.0 Å². The van der Waals surface area contributed by atoms with Gasteiger partial charge >= 0.3 is 0 Å². The zero-order chi connectivity index (χ0) is 9.84. The summed E-state index contributed by atoms with van der Waals surface area (Å²) in [5.41, 5.74) is 0. The van der Waals surface area contributed by atoms with E-state index in [1.165, 1.54) is 6.92 Å². The summed E-state index contributed by atoms with van der Waals surface area (Å²) in [5.74, 6) is 0.933. The molecular formula is C9H16N2O2. The number of carbonyl (C=O) groups excluding carboxylic acids is 1. The Morgan fingerprint density at radius 1 is 1.62 bits per heavy atom. The van der Waals surface area contributed by atoms with Gasteiger partial charge in [-0.3, -0.25) is 9.79 Å². The minimum absolute atomic E-state index is 0.0445. The van der Waals surface area contributed by atoms with Crippen LogP contribution in [0.5, 0.6) is 0 Å². The fraction of sp³-hybridized carbons (Fsp3) is 0.778. The van der Waals surface area contributed by atoms with E-state index in [0.717, 1.165) is 0 Å². The van der Waals surface area contributed by atoms with Crippen molar-refractivity contribution in [3.8, 4) is 0 Å². The largest absolute Gasteiger partial charge is 0.478 e. The topological polar surface area (TPSA) is 50.7 Å². The van der Waals surface area contributed by atoms with Gasteiger partial charge in [-0.1, -0.05) is 13.8 Å². The Hall–Kier alpha value is -1.06. The van der Waals surface area contributed by atoms with Crippen LogP contribution in [0.2, 0.25) is 0 Å². The lowest BCUT2D eigenvalue weighted by Gasteiger charge is -2.20. The van der Waals surface area contributed by atoms with Gasteiger partial charge in [0, 0.05) is 6.92 Å². The van der Waals surface area contributed by atoms with Gasteiger partial charge in [0.25, 0.3) is 0 Å². The first kappa shape index (κ1) is 10.0. The predicted molar refractivity (Wildman–Crippen MR) is 50.7 cm³/mol. The Balaban J connectivity index is 2.61. The third kappa shape index (κ3) is 2.72. The highest BCUT2D eigenvalue weighted by molar-refractivity contribution is 5.87. The number of rotatable bonds is 3. The Kier molecular flexibility index (Phi) is 3.28. The van der Waals surface area contributed by atoms with Gasteiger partial charge in [0.15, 0.2) is 0 Å².